The number of rotatable bonds is 9. The van der Waals surface area contributed by atoms with Crippen LogP contribution < -0.4 is 19.7 Å². The highest BCUT2D eigenvalue weighted by molar-refractivity contribution is 7.10. The highest BCUT2D eigenvalue weighted by Gasteiger charge is 2.36. The summed E-state index contributed by atoms with van der Waals surface area (Å²) in [5.41, 5.74) is 0.954. The standard InChI is InChI=1S/C28H31FN2O4S/c1-34-22-14-15-24(25(17-22)35-2)27(28(33)30-20-7-4-3-5-8-20)31(21-12-10-19(29)11-13-21)26(32)18-23-9-6-16-36-23/h6,9-17,20,27H,3-5,7-8,18H2,1-2H3,(H,30,33)/t27-/m0/s1. The molecule has 3 aromatic rings. The zero-order valence-corrected chi connectivity index (χ0v) is 21.4. The molecule has 1 saturated carbocycles. The van der Waals surface area contributed by atoms with Crippen molar-refractivity contribution in [2.24, 2.45) is 0 Å². The first kappa shape index (κ1) is 25.7. The summed E-state index contributed by atoms with van der Waals surface area (Å²) in [7, 11) is 3.07. The van der Waals surface area contributed by atoms with Gasteiger partial charge in [0.25, 0.3) is 0 Å². The van der Waals surface area contributed by atoms with E-state index in [1.54, 1.807) is 25.3 Å². The number of hydrogen-bond donors (Lipinski definition) is 1. The number of methoxy groups -OCH3 is 2. The number of carbonyl (C=O) groups excluding carboxylic acids is 2. The van der Waals surface area contributed by atoms with Crippen LogP contribution in [0.2, 0.25) is 0 Å². The fraction of sp³-hybridized carbons (Fsp3) is 0.357. The van der Waals surface area contributed by atoms with E-state index in [2.05, 4.69) is 5.32 Å². The largest absolute Gasteiger partial charge is 0.497 e. The summed E-state index contributed by atoms with van der Waals surface area (Å²) in [6.45, 7) is 0. The summed E-state index contributed by atoms with van der Waals surface area (Å²) >= 11 is 1.47. The van der Waals surface area contributed by atoms with Gasteiger partial charge in [-0.1, -0.05) is 25.3 Å². The Bertz CT molecular complexity index is 1160. The van der Waals surface area contributed by atoms with Crippen LogP contribution in [0, 0.1) is 5.82 Å². The molecule has 1 N–H and O–H groups in total. The number of anilines is 1. The first-order valence-corrected chi connectivity index (χ1v) is 13.0. The van der Waals surface area contributed by atoms with Gasteiger partial charge in [-0.2, -0.15) is 0 Å². The van der Waals surface area contributed by atoms with E-state index in [0.717, 1.165) is 37.0 Å². The molecule has 0 aliphatic heterocycles. The van der Waals surface area contributed by atoms with Crippen molar-refractivity contribution in [1.29, 1.82) is 0 Å². The Labute approximate surface area is 215 Å². The van der Waals surface area contributed by atoms with Crippen LogP contribution in [0.15, 0.2) is 60.0 Å². The number of carbonyl (C=O) groups is 2. The first-order chi connectivity index (χ1) is 17.5. The summed E-state index contributed by atoms with van der Waals surface area (Å²) in [6, 6.07) is 13.6. The van der Waals surface area contributed by atoms with Crippen LogP contribution in [0.1, 0.15) is 48.6 Å². The first-order valence-electron chi connectivity index (χ1n) is 12.1. The van der Waals surface area contributed by atoms with Gasteiger partial charge in [0.1, 0.15) is 23.4 Å². The molecule has 0 spiro atoms. The van der Waals surface area contributed by atoms with Crippen LogP contribution in [-0.2, 0) is 16.0 Å². The van der Waals surface area contributed by atoms with Crippen molar-refractivity contribution in [3.05, 3.63) is 76.2 Å². The Morgan fingerprint density at radius 2 is 1.81 bits per heavy atom. The minimum Gasteiger partial charge on any atom is -0.497 e. The summed E-state index contributed by atoms with van der Waals surface area (Å²) in [6.07, 6.45) is 5.18. The van der Waals surface area contributed by atoms with Crippen LogP contribution in [0.4, 0.5) is 10.1 Å². The van der Waals surface area contributed by atoms with E-state index >= 15 is 0 Å². The zero-order valence-electron chi connectivity index (χ0n) is 20.5. The number of ether oxygens (including phenoxy) is 2. The average Bonchev–Trinajstić information content (AvgIpc) is 3.41. The van der Waals surface area contributed by atoms with E-state index in [4.69, 9.17) is 9.47 Å². The topological polar surface area (TPSA) is 67.9 Å². The zero-order chi connectivity index (χ0) is 25.5. The molecule has 6 nitrogen and oxygen atoms in total. The van der Waals surface area contributed by atoms with Gasteiger partial charge in [-0.3, -0.25) is 14.5 Å². The van der Waals surface area contributed by atoms with Gasteiger partial charge >= 0.3 is 0 Å². The lowest BCUT2D eigenvalue weighted by Gasteiger charge is -2.34. The van der Waals surface area contributed by atoms with Crippen LogP contribution >= 0.6 is 11.3 Å². The molecule has 1 heterocycles. The second kappa shape index (κ2) is 12.0. The summed E-state index contributed by atoms with van der Waals surface area (Å²) < 4.78 is 24.8. The molecule has 1 fully saturated rings. The molecule has 1 atom stereocenters. The number of amides is 2. The number of thiophene rings is 1. The van der Waals surface area contributed by atoms with E-state index in [0.29, 0.717) is 22.7 Å². The van der Waals surface area contributed by atoms with E-state index in [1.807, 2.05) is 17.5 Å². The Balaban J connectivity index is 1.80. The van der Waals surface area contributed by atoms with Crippen molar-refractivity contribution < 1.29 is 23.5 Å². The monoisotopic (exact) mass is 510 g/mol. The van der Waals surface area contributed by atoms with E-state index in [1.165, 1.54) is 47.6 Å². The summed E-state index contributed by atoms with van der Waals surface area (Å²) in [5, 5.41) is 5.09. The maximum atomic E-state index is 14.0. The van der Waals surface area contributed by atoms with Crippen LogP contribution in [-0.4, -0.2) is 32.1 Å². The van der Waals surface area contributed by atoms with Crippen molar-refractivity contribution in [2.45, 2.75) is 50.6 Å². The minimum absolute atomic E-state index is 0.0421. The Morgan fingerprint density at radius 1 is 1.06 bits per heavy atom. The van der Waals surface area contributed by atoms with Crippen molar-refractivity contribution in [3.8, 4) is 11.5 Å². The molecule has 0 saturated heterocycles. The van der Waals surface area contributed by atoms with Gasteiger partial charge in [-0.05, 0) is 60.7 Å². The molecular weight excluding hydrogens is 479 g/mol. The summed E-state index contributed by atoms with van der Waals surface area (Å²) in [4.78, 5) is 30.1. The number of hydrogen-bond acceptors (Lipinski definition) is 5. The normalized spacial score (nSPS) is 14.6. The van der Waals surface area contributed by atoms with Crippen molar-refractivity contribution in [1.82, 2.24) is 5.32 Å². The van der Waals surface area contributed by atoms with E-state index in [9.17, 15) is 14.0 Å². The SMILES string of the molecule is COc1ccc([C@@H](C(=O)NC2CCCCC2)N(C(=O)Cc2cccs2)c2ccc(F)cc2)c(OC)c1. The molecule has 1 aromatic heterocycles. The molecule has 1 aliphatic carbocycles. The van der Waals surface area contributed by atoms with Crippen molar-refractivity contribution in [3.63, 3.8) is 0 Å². The quantitative estimate of drug-likeness (QED) is 0.403. The molecule has 4 rings (SSSR count). The Kier molecular flexibility index (Phi) is 8.59. The fourth-order valence-corrected chi connectivity index (χ4v) is 5.35. The van der Waals surface area contributed by atoms with Crippen molar-refractivity contribution in [2.75, 3.05) is 19.1 Å². The number of nitrogens with zero attached hydrogens (tertiary/aromatic N) is 1. The van der Waals surface area contributed by atoms with Crippen LogP contribution in [0.25, 0.3) is 0 Å². The van der Waals surface area contributed by atoms with Crippen LogP contribution in [0.5, 0.6) is 11.5 Å². The lowest BCUT2D eigenvalue weighted by Crippen LogP contribution is -2.47. The predicted molar refractivity (Wildman–Crippen MR) is 139 cm³/mol. The average molecular weight is 511 g/mol. The number of halogens is 1. The smallest absolute Gasteiger partial charge is 0.248 e. The van der Waals surface area contributed by atoms with E-state index < -0.39 is 11.9 Å². The highest BCUT2D eigenvalue weighted by atomic mass is 32.1. The molecule has 1 aliphatic rings. The van der Waals surface area contributed by atoms with Crippen molar-refractivity contribution >= 4 is 28.8 Å². The van der Waals surface area contributed by atoms with Gasteiger partial charge in [0, 0.05) is 28.2 Å². The Morgan fingerprint density at radius 3 is 2.44 bits per heavy atom. The molecule has 8 heteroatoms. The van der Waals surface area contributed by atoms with Gasteiger partial charge in [-0.25, -0.2) is 4.39 Å². The fourth-order valence-electron chi connectivity index (χ4n) is 4.66. The molecule has 2 amide bonds. The van der Waals surface area contributed by atoms with E-state index in [-0.39, 0.29) is 24.3 Å². The molecule has 36 heavy (non-hydrogen) atoms. The number of benzene rings is 2. The molecule has 2 aromatic carbocycles. The third-order valence-corrected chi connectivity index (χ3v) is 7.35. The number of nitrogens with one attached hydrogen (secondary N) is 1. The maximum absolute atomic E-state index is 14.0. The molecule has 190 valence electrons. The molecule has 0 unspecified atom stereocenters. The van der Waals surface area contributed by atoms with Gasteiger partial charge in [0.2, 0.25) is 11.8 Å². The third kappa shape index (κ3) is 6.05. The lowest BCUT2D eigenvalue weighted by molar-refractivity contribution is -0.127. The maximum Gasteiger partial charge on any atom is 0.248 e. The van der Waals surface area contributed by atoms with Gasteiger partial charge in [-0.15, -0.1) is 11.3 Å². The van der Waals surface area contributed by atoms with Crippen LogP contribution in [0.3, 0.4) is 0 Å². The summed E-state index contributed by atoms with van der Waals surface area (Å²) in [5.74, 6) is 0.00375. The van der Waals surface area contributed by atoms with Gasteiger partial charge < -0.3 is 14.8 Å². The molecular formula is C28H31FN2O4S. The Hall–Kier alpha value is -3.39. The highest BCUT2D eigenvalue weighted by Crippen LogP contribution is 2.36. The molecule has 0 bridgehead atoms. The van der Waals surface area contributed by atoms with Gasteiger partial charge in [0.15, 0.2) is 0 Å². The minimum atomic E-state index is -1.02. The third-order valence-electron chi connectivity index (χ3n) is 6.47. The molecule has 0 radical (unpaired) electrons. The second-order valence-electron chi connectivity index (χ2n) is 8.85. The predicted octanol–water partition coefficient (Wildman–Crippen LogP) is 5.67. The lowest BCUT2D eigenvalue weighted by atomic mass is 9.94. The second-order valence-corrected chi connectivity index (χ2v) is 9.88. The van der Waals surface area contributed by atoms with Gasteiger partial charge in [0.05, 0.1) is 20.6 Å².